The third-order valence-electron chi connectivity index (χ3n) is 8.10. The van der Waals surface area contributed by atoms with E-state index in [2.05, 4.69) is 5.32 Å². The van der Waals surface area contributed by atoms with Crippen LogP contribution in [0.4, 0.5) is 0 Å². The van der Waals surface area contributed by atoms with Gasteiger partial charge in [-0.3, -0.25) is 0 Å². The van der Waals surface area contributed by atoms with Crippen molar-refractivity contribution in [3.8, 4) is 5.75 Å². The molecule has 210 valence electrons. The number of carbonyl (C=O) groups excluding carboxylic acids is 2. The number of benzene rings is 1. The molecule has 10 heteroatoms. The average Bonchev–Trinajstić information content (AvgIpc) is 3.14. The zero-order valence-electron chi connectivity index (χ0n) is 22.7. The van der Waals surface area contributed by atoms with Crippen molar-refractivity contribution in [2.45, 2.75) is 82.7 Å². The summed E-state index contributed by atoms with van der Waals surface area (Å²) in [7, 11) is 0. The van der Waals surface area contributed by atoms with Crippen LogP contribution in [0.15, 0.2) is 60.4 Å². The molecule has 4 heterocycles. The Bertz CT molecular complexity index is 1300. The van der Waals surface area contributed by atoms with Crippen molar-refractivity contribution in [3.63, 3.8) is 0 Å². The van der Waals surface area contributed by atoms with E-state index in [4.69, 9.17) is 20.2 Å². The number of amides is 2. The molecular weight excluding hydrogens is 611 g/mol. The van der Waals surface area contributed by atoms with E-state index in [1.165, 1.54) is 0 Å². The predicted molar refractivity (Wildman–Crippen MR) is 143 cm³/mol. The van der Waals surface area contributed by atoms with Crippen molar-refractivity contribution in [1.29, 1.82) is 0 Å². The van der Waals surface area contributed by atoms with Gasteiger partial charge in [-0.15, -0.1) is 0 Å². The summed E-state index contributed by atoms with van der Waals surface area (Å²) >= 11 is -0.882. The molecule has 4 aliphatic heterocycles. The van der Waals surface area contributed by atoms with Crippen LogP contribution in [-0.2, 0) is 14.3 Å². The van der Waals surface area contributed by atoms with Crippen LogP contribution < -0.4 is 37.0 Å². The van der Waals surface area contributed by atoms with Gasteiger partial charge in [0.15, 0.2) is 0 Å². The van der Waals surface area contributed by atoms with Crippen LogP contribution >= 0.6 is 0 Å². The number of rotatable bonds is 5. The molecule has 3 atom stereocenters. The Morgan fingerprint density at radius 1 is 1.26 bits per heavy atom. The summed E-state index contributed by atoms with van der Waals surface area (Å²) in [6, 6.07) is 6.54. The van der Waals surface area contributed by atoms with Gasteiger partial charge in [0.05, 0.1) is 0 Å². The van der Waals surface area contributed by atoms with E-state index < -0.39 is 44.5 Å². The summed E-state index contributed by atoms with van der Waals surface area (Å²) in [6.45, 7) is 8.13. The number of nitrogens with one attached hydrogen (secondary N) is 1. The van der Waals surface area contributed by atoms with E-state index in [-0.39, 0.29) is 23.8 Å². The molecule has 0 aliphatic carbocycles. The van der Waals surface area contributed by atoms with E-state index in [0.717, 1.165) is 24.0 Å². The van der Waals surface area contributed by atoms with E-state index in [1.807, 2.05) is 62.1 Å². The van der Waals surface area contributed by atoms with E-state index >= 15 is 0 Å². The van der Waals surface area contributed by atoms with Crippen LogP contribution in [0.2, 0.25) is 0 Å². The Labute approximate surface area is 239 Å². The number of nitrogens with two attached hydrogens (primary N) is 1. The number of guanidine groups is 1. The molecule has 1 aromatic carbocycles. The molecule has 4 N–H and O–H groups in total. The number of para-hydroxylation sites is 1. The number of fused-ring (bicyclic) bond motifs is 2. The van der Waals surface area contributed by atoms with Crippen molar-refractivity contribution in [1.82, 2.24) is 10.2 Å². The molecule has 0 bridgehead atoms. The minimum absolute atomic E-state index is 0.0264. The van der Waals surface area contributed by atoms with Gasteiger partial charge in [0, 0.05) is 0 Å². The van der Waals surface area contributed by atoms with E-state index in [9.17, 15) is 14.7 Å². The number of hydrogen-bond donors (Lipinski definition) is 3. The van der Waals surface area contributed by atoms with Crippen LogP contribution in [0.1, 0.15) is 65.0 Å². The number of hydrogen-bond acceptors (Lipinski definition) is 7. The summed E-state index contributed by atoms with van der Waals surface area (Å²) in [5.41, 5.74) is 6.71. The molecule has 9 nitrogen and oxygen atoms in total. The number of allylic oxidation sites excluding steroid dienone is 2. The molecule has 1 saturated heterocycles. The van der Waals surface area contributed by atoms with Gasteiger partial charge in [-0.1, -0.05) is 0 Å². The zero-order chi connectivity index (χ0) is 27.9. The van der Waals surface area contributed by atoms with Crippen LogP contribution in [0.5, 0.6) is 5.75 Å². The first-order chi connectivity index (χ1) is 18.6. The molecule has 1 fully saturated rings. The molecule has 5 rings (SSSR count). The second-order valence-electron chi connectivity index (χ2n) is 10.9. The van der Waals surface area contributed by atoms with Crippen molar-refractivity contribution in [3.05, 3.63) is 61.0 Å². The van der Waals surface area contributed by atoms with Gasteiger partial charge >= 0.3 is 240 Å². The maximum atomic E-state index is 13.5. The van der Waals surface area contributed by atoms with Gasteiger partial charge in [-0.25, -0.2) is 0 Å². The molecule has 0 radical (unpaired) electrons. The van der Waals surface area contributed by atoms with Crippen LogP contribution in [0.25, 0.3) is 0 Å². The first kappa shape index (κ1) is 27.7. The minimum atomic E-state index is -0.932. The summed E-state index contributed by atoms with van der Waals surface area (Å²) in [5, 5.41) is 14.1. The Kier molecular flexibility index (Phi) is 7.53. The molecular formula is C29H36IN4O5-. The van der Waals surface area contributed by atoms with Crippen molar-refractivity contribution >= 4 is 17.8 Å². The average molecular weight is 648 g/mol. The van der Waals surface area contributed by atoms with E-state index in [0.29, 0.717) is 34.5 Å². The SMILES string of the molecule is CCC1(CC)CC(=O)N([C@@H]2CCOC3=CC=C(C(=O)N[C@@H]4c5ccccc5OC(C)(C)[C@H]4O)[I-]C=C32)C(N)=N1. The van der Waals surface area contributed by atoms with Crippen LogP contribution in [0.3, 0.4) is 0 Å². The summed E-state index contributed by atoms with van der Waals surface area (Å²) < 4.78 is 14.6. The van der Waals surface area contributed by atoms with Crippen LogP contribution in [-0.4, -0.2) is 57.7 Å². The van der Waals surface area contributed by atoms with Crippen molar-refractivity contribution in [2.75, 3.05) is 6.61 Å². The molecule has 0 unspecified atom stereocenters. The normalized spacial score (nSPS) is 27.5. The summed E-state index contributed by atoms with van der Waals surface area (Å²) in [6.07, 6.45) is 5.10. The molecule has 1 aromatic rings. The van der Waals surface area contributed by atoms with Gasteiger partial charge < -0.3 is 0 Å². The molecule has 4 aliphatic rings. The third-order valence-corrected chi connectivity index (χ3v) is 10.6. The maximum absolute atomic E-state index is 13.5. The number of ether oxygens (including phenoxy) is 2. The first-order valence-corrected chi connectivity index (χ1v) is 15.7. The fourth-order valence-corrected chi connectivity index (χ4v) is 7.80. The first-order valence-electron chi connectivity index (χ1n) is 13.4. The number of aliphatic imine (C=N–C) groups is 1. The fraction of sp³-hybridized carbons (Fsp3) is 0.483. The standard InChI is InChI=1S/C29H36IN4O5/c1-5-29(6-2)15-23(35)34(27(31)33-29)20-13-14-38-21-12-11-19(30-16-18(20)21)26(37)32-24-17-9-7-8-10-22(17)39-28(3,4)25(24)36/h7-12,16,20,24-25,36H,5-6,13-15H2,1-4H3,(H2,31,33)(H,32,37)/q-1/t20-,24-,25+/m1/s1. The molecule has 0 saturated carbocycles. The van der Waals surface area contributed by atoms with Gasteiger partial charge in [-0.05, 0) is 0 Å². The van der Waals surface area contributed by atoms with Crippen LogP contribution in [0, 0.1) is 0 Å². The Morgan fingerprint density at radius 2 is 2.00 bits per heavy atom. The fourth-order valence-electron chi connectivity index (χ4n) is 5.59. The quantitative estimate of drug-likeness (QED) is 0.388. The Morgan fingerprint density at radius 3 is 2.72 bits per heavy atom. The number of nitrogens with zero attached hydrogens (tertiary/aromatic N) is 2. The number of aliphatic hydroxyl groups is 1. The predicted octanol–water partition coefficient (Wildman–Crippen LogP) is 0.0248. The van der Waals surface area contributed by atoms with E-state index in [1.54, 1.807) is 11.0 Å². The van der Waals surface area contributed by atoms with Crippen molar-refractivity contribution in [2.24, 2.45) is 10.7 Å². The summed E-state index contributed by atoms with van der Waals surface area (Å²) in [5.74, 6) is 1.28. The summed E-state index contributed by atoms with van der Waals surface area (Å²) in [4.78, 5) is 33.3. The monoisotopic (exact) mass is 647 g/mol. The van der Waals surface area contributed by atoms with Gasteiger partial charge in [0.2, 0.25) is 0 Å². The Balaban J connectivity index is 1.38. The number of halogens is 1. The molecule has 0 aromatic heterocycles. The second kappa shape index (κ2) is 10.6. The number of aliphatic hydroxyl groups excluding tert-OH is 1. The topological polar surface area (TPSA) is 126 Å². The molecule has 39 heavy (non-hydrogen) atoms. The van der Waals surface area contributed by atoms with Gasteiger partial charge in [0.1, 0.15) is 0 Å². The van der Waals surface area contributed by atoms with Crippen molar-refractivity contribution < 1.29 is 45.4 Å². The Hall–Kier alpha value is -2.86. The second-order valence-corrected chi connectivity index (χ2v) is 13.3. The van der Waals surface area contributed by atoms with Gasteiger partial charge in [-0.2, -0.15) is 0 Å². The zero-order valence-corrected chi connectivity index (χ0v) is 24.9. The molecule has 0 spiro atoms. The molecule has 2 amide bonds. The van der Waals surface area contributed by atoms with Gasteiger partial charge in [0.25, 0.3) is 0 Å². The number of carbonyl (C=O) groups is 2. The third kappa shape index (κ3) is 5.08.